The number of aryl methyl sites for hydroxylation is 1. The minimum absolute atomic E-state index is 0.0726. The monoisotopic (exact) mass is 345 g/mol. The van der Waals surface area contributed by atoms with E-state index in [4.69, 9.17) is 0 Å². The van der Waals surface area contributed by atoms with Gasteiger partial charge in [-0.15, -0.1) is 0 Å². The van der Waals surface area contributed by atoms with Gasteiger partial charge >= 0.3 is 0 Å². The summed E-state index contributed by atoms with van der Waals surface area (Å²) in [5.41, 5.74) is 3.63. The molecule has 0 unspecified atom stereocenters. The molecule has 0 aliphatic heterocycles. The van der Waals surface area contributed by atoms with Crippen LogP contribution in [-0.4, -0.2) is 24.5 Å². The minimum Gasteiger partial charge on any atom is -0.384 e. The molecule has 0 atom stereocenters. The molecule has 1 amide bonds. The van der Waals surface area contributed by atoms with Crippen molar-refractivity contribution in [2.75, 3.05) is 23.8 Å². The Bertz CT molecular complexity index is 834. The second-order valence-electron chi connectivity index (χ2n) is 6.18. The van der Waals surface area contributed by atoms with E-state index in [0.29, 0.717) is 5.56 Å². The molecule has 0 radical (unpaired) electrons. The van der Waals surface area contributed by atoms with Gasteiger partial charge in [0.05, 0.1) is 11.3 Å². The van der Waals surface area contributed by atoms with Gasteiger partial charge in [0.1, 0.15) is 0 Å². The number of nitrogens with zero attached hydrogens (tertiary/aromatic N) is 2. The number of aromatic nitrogens is 1. The maximum atomic E-state index is 12.7. The predicted octanol–water partition coefficient (Wildman–Crippen LogP) is 4.40. The third-order valence-electron chi connectivity index (χ3n) is 4.25. The van der Waals surface area contributed by atoms with Crippen LogP contribution in [-0.2, 0) is 6.42 Å². The number of anilines is 2. The van der Waals surface area contributed by atoms with Crippen molar-refractivity contribution in [2.45, 2.75) is 12.8 Å². The van der Waals surface area contributed by atoms with Crippen molar-refractivity contribution >= 4 is 17.3 Å². The van der Waals surface area contributed by atoms with Crippen LogP contribution in [0.1, 0.15) is 22.3 Å². The lowest BCUT2D eigenvalue weighted by Gasteiger charge is -2.17. The van der Waals surface area contributed by atoms with Crippen LogP contribution in [0.5, 0.6) is 0 Å². The maximum absolute atomic E-state index is 12.7. The normalized spacial score (nSPS) is 10.3. The molecule has 4 heteroatoms. The lowest BCUT2D eigenvalue weighted by Crippen LogP contribution is -2.26. The number of benzene rings is 2. The lowest BCUT2D eigenvalue weighted by molar-refractivity contribution is 0.0992. The van der Waals surface area contributed by atoms with E-state index in [1.165, 1.54) is 5.56 Å². The molecule has 0 aliphatic carbocycles. The minimum atomic E-state index is -0.0726. The van der Waals surface area contributed by atoms with Crippen molar-refractivity contribution in [2.24, 2.45) is 0 Å². The van der Waals surface area contributed by atoms with Crippen LogP contribution in [0.3, 0.4) is 0 Å². The standard InChI is InChI=1S/C22H23N3O/c1-25(21-12-6-3-7-13-21)22(26)19-15-20(17-23-16-19)24-14-8-11-18-9-4-2-5-10-18/h2-7,9-10,12-13,15-17,24H,8,11,14H2,1H3. The third-order valence-corrected chi connectivity index (χ3v) is 4.25. The second kappa shape index (κ2) is 8.81. The summed E-state index contributed by atoms with van der Waals surface area (Å²) in [6, 6.07) is 21.9. The van der Waals surface area contributed by atoms with Crippen LogP contribution >= 0.6 is 0 Å². The molecule has 4 nitrogen and oxygen atoms in total. The van der Waals surface area contributed by atoms with Crippen molar-refractivity contribution in [3.8, 4) is 0 Å². The number of amides is 1. The van der Waals surface area contributed by atoms with E-state index in [-0.39, 0.29) is 5.91 Å². The van der Waals surface area contributed by atoms with E-state index in [0.717, 1.165) is 30.8 Å². The highest BCUT2D eigenvalue weighted by atomic mass is 16.2. The SMILES string of the molecule is CN(C(=O)c1cncc(NCCCc2ccccc2)c1)c1ccccc1. The molecule has 0 spiro atoms. The first-order valence-electron chi connectivity index (χ1n) is 8.80. The number of para-hydroxylation sites is 1. The largest absolute Gasteiger partial charge is 0.384 e. The number of rotatable bonds is 7. The molecule has 3 aromatic rings. The Morgan fingerprint density at radius 1 is 1.00 bits per heavy atom. The zero-order chi connectivity index (χ0) is 18.2. The summed E-state index contributed by atoms with van der Waals surface area (Å²) in [5.74, 6) is -0.0726. The van der Waals surface area contributed by atoms with Crippen LogP contribution in [0.25, 0.3) is 0 Å². The van der Waals surface area contributed by atoms with Crippen LogP contribution in [0.4, 0.5) is 11.4 Å². The van der Waals surface area contributed by atoms with Gasteiger partial charge in [-0.3, -0.25) is 9.78 Å². The molecule has 0 saturated carbocycles. The van der Waals surface area contributed by atoms with Crippen LogP contribution in [0.2, 0.25) is 0 Å². The first-order chi connectivity index (χ1) is 12.7. The molecule has 0 saturated heterocycles. The Kier molecular flexibility index (Phi) is 5.99. The Morgan fingerprint density at radius 3 is 2.42 bits per heavy atom. The van der Waals surface area contributed by atoms with E-state index in [9.17, 15) is 4.79 Å². The number of carbonyl (C=O) groups excluding carboxylic acids is 1. The Balaban J connectivity index is 1.56. The molecule has 26 heavy (non-hydrogen) atoms. The summed E-state index contributed by atoms with van der Waals surface area (Å²) >= 11 is 0. The number of nitrogens with one attached hydrogen (secondary N) is 1. The zero-order valence-electron chi connectivity index (χ0n) is 14.9. The van der Waals surface area contributed by atoms with Crippen molar-refractivity contribution in [3.63, 3.8) is 0 Å². The number of pyridine rings is 1. The number of carbonyl (C=O) groups is 1. The Hall–Kier alpha value is -3.14. The summed E-state index contributed by atoms with van der Waals surface area (Å²) in [5, 5.41) is 3.36. The fourth-order valence-electron chi connectivity index (χ4n) is 2.79. The van der Waals surface area contributed by atoms with Gasteiger partial charge in [-0.25, -0.2) is 0 Å². The summed E-state index contributed by atoms with van der Waals surface area (Å²) < 4.78 is 0. The topological polar surface area (TPSA) is 45.2 Å². The van der Waals surface area contributed by atoms with Crippen LogP contribution in [0, 0.1) is 0 Å². The van der Waals surface area contributed by atoms with Gasteiger partial charge in [0.15, 0.2) is 0 Å². The molecule has 1 heterocycles. The molecule has 0 bridgehead atoms. The second-order valence-corrected chi connectivity index (χ2v) is 6.18. The molecular formula is C22H23N3O. The third kappa shape index (κ3) is 4.70. The van der Waals surface area contributed by atoms with E-state index >= 15 is 0 Å². The molecule has 132 valence electrons. The molecule has 2 aromatic carbocycles. The molecule has 0 fully saturated rings. The fourth-order valence-corrected chi connectivity index (χ4v) is 2.79. The molecule has 0 aliphatic rings. The van der Waals surface area contributed by atoms with Crippen LogP contribution in [0.15, 0.2) is 79.1 Å². The molecule has 1 N–H and O–H groups in total. The molecular weight excluding hydrogens is 322 g/mol. The summed E-state index contributed by atoms with van der Waals surface area (Å²) in [6.07, 6.45) is 5.40. The summed E-state index contributed by atoms with van der Waals surface area (Å²) in [7, 11) is 1.78. The van der Waals surface area contributed by atoms with Crippen molar-refractivity contribution in [3.05, 3.63) is 90.3 Å². The van der Waals surface area contributed by atoms with Gasteiger partial charge in [-0.05, 0) is 36.6 Å². The van der Waals surface area contributed by atoms with Gasteiger partial charge < -0.3 is 10.2 Å². The predicted molar refractivity (Wildman–Crippen MR) is 107 cm³/mol. The molecule has 3 rings (SSSR count). The maximum Gasteiger partial charge on any atom is 0.259 e. The number of hydrogen-bond donors (Lipinski definition) is 1. The van der Waals surface area contributed by atoms with Gasteiger partial charge in [-0.2, -0.15) is 0 Å². The fraction of sp³-hybridized carbons (Fsp3) is 0.182. The van der Waals surface area contributed by atoms with Crippen molar-refractivity contribution in [1.29, 1.82) is 0 Å². The van der Waals surface area contributed by atoms with Crippen LogP contribution < -0.4 is 10.2 Å². The highest BCUT2D eigenvalue weighted by Crippen LogP contribution is 2.16. The van der Waals surface area contributed by atoms with Gasteiger partial charge in [0.2, 0.25) is 0 Å². The van der Waals surface area contributed by atoms with E-state index in [1.54, 1.807) is 24.3 Å². The number of hydrogen-bond acceptors (Lipinski definition) is 3. The van der Waals surface area contributed by atoms with Crippen molar-refractivity contribution in [1.82, 2.24) is 4.98 Å². The average molecular weight is 345 g/mol. The van der Waals surface area contributed by atoms with Gasteiger partial charge in [0, 0.05) is 31.7 Å². The average Bonchev–Trinajstić information content (AvgIpc) is 2.72. The highest BCUT2D eigenvalue weighted by Gasteiger charge is 2.14. The van der Waals surface area contributed by atoms with E-state index < -0.39 is 0 Å². The van der Waals surface area contributed by atoms with E-state index in [1.807, 2.05) is 42.5 Å². The quantitative estimate of drug-likeness (QED) is 0.646. The highest BCUT2D eigenvalue weighted by molar-refractivity contribution is 6.05. The Morgan fingerprint density at radius 2 is 1.69 bits per heavy atom. The Labute approximate surface area is 154 Å². The smallest absolute Gasteiger partial charge is 0.259 e. The van der Waals surface area contributed by atoms with Crippen molar-refractivity contribution < 1.29 is 4.79 Å². The summed E-state index contributed by atoms with van der Waals surface area (Å²) in [6.45, 7) is 0.836. The first-order valence-corrected chi connectivity index (χ1v) is 8.80. The van der Waals surface area contributed by atoms with Gasteiger partial charge in [-0.1, -0.05) is 48.5 Å². The lowest BCUT2D eigenvalue weighted by atomic mass is 10.1. The first kappa shape index (κ1) is 17.7. The van der Waals surface area contributed by atoms with Gasteiger partial charge in [0.25, 0.3) is 5.91 Å². The van der Waals surface area contributed by atoms with E-state index in [2.05, 4.69) is 34.6 Å². The zero-order valence-corrected chi connectivity index (χ0v) is 14.9. The summed E-state index contributed by atoms with van der Waals surface area (Å²) in [4.78, 5) is 18.5. The molecule has 1 aromatic heterocycles.